The van der Waals surface area contributed by atoms with Gasteiger partial charge >= 0.3 is 0 Å². The van der Waals surface area contributed by atoms with Crippen molar-refractivity contribution in [3.05, 3.63) is 59.1 Å². The highest BCUT2D eigenvalue weighted by atomic mass is 32.2. The lowest BCUT2D eigenvalue weighted by Gasteiger charge is -2.18. The van der Waals surface area contributed by atoms with Crippen LogP contribution in [0, 0.1) is 0 Å². The van der Waals surface area contributed by atoms with Crippen LogP contribution in [0.15, 0.2) is 47.8 Å². The number of anilines is 2. The SMILES string of the molecule is COc1ccc(NC(=O)CSCc2csc(NC(=O)COc3cccc4c3OC(C)(C)C4)n2)cc1. The van der Waals surface area contributed by atoms with Crippen LogP contribution < -0.4 is 24.8 Å². The van der Waals surface area contributed by atoms with Crippen LogP contribution in [-0.4, -0.2) is 41.9 Å². The van der Waals surface area contributed by atoms with E-state index in [1.54, 1.807) is 37.4 Å². The van der Waals surface area contributed by atoms with Crippen LogP contribution >= 0.6 is 23.1 Å². The summed E-state index contributed by atoms with van der Waals surface area (Å²) in [5, 5.41) is 7.97. The minimum Gasteiger partial charge on any atom is -0.497 e. The van der Waals surface area contributed by atoms with E-state index in [0.717, 1.165) is 23.4 Å². The zero-order valence-electron chi connectivity index (χ0n) is 19.8. The molecule has 0 spiro atoms. The van der Waals surface area contributed by atoms with Crippen molar-refractivity contribution in [2.24, 2.45) is 0 Å². The maximum Gasteiger partial charge on any atom is 0.264 e. The first kappa shape index (κ1) is 24.9. The number of ether oxygens (including phenoxy) is 3. The van der Waals surface area contributed by atoms with E-state index in [1.165, 1.54) is 23.1 Å². The molecule has 1 aromatic heterocycles. The number of carbonyl (C=O) groups is 2. The Bertz CT molecular complexity index is 1190. The number of hydrogen-bond donors (Lipinski definition) is 2. The summed E-state index contributed by atoms with van der Waals surface area (Å²) < 4.78 is 16.8. The molecule has 2 amide bonds. The van der Waals surface area contributed by atoms with Crippen LogP contribution in [0.4, 0.5) is 10.8 Å². The Hall–Kier alpha value is -3.24. The van der Waals surface area contributed by atoms with Gasteiger partial charge in [0.1, 0.15) is 11.4 Å². The molecular weight excluding hydrogens is 486 g/mol. The number of rotatable bonds is 10. The Labute approximate surface area is 212 Å². The molecule has 35 heavy (non-hydrogen) atoms. The van der Waals surface area contributed by atoms with Gasteiger partial charge in [-0.2, -0.15) is 0 Å². The molecule has 2 aromatic carbocycles. The number of amides is 2. The minimum atomic E-state index is -0.299. The van der Waals surface area contributed by atoms with Gasteiger partial charge in [-0.3, -0.25) is 14.9 Å². The Morgan fingerprint density at radius 2 is 1.94 bits per heavy atom. The van der Waals surface area contributed by atoms with Crippen molar-refractivity contribution in [1.29, 1.82) is 0 Å². The van der Waals surface area contributed by atoms with Gasteiger partial charge in [-0.15, -0.1) is 23.1 Å². The topological polar surface area (TPSA) is 98.8 Å². The standard InChI is InChI=1S/C25H27N3O5S2/c1-25(2)11-16-5-4-6-20(23(16)33-25)32-12-21(29)28-24-27-18(14-35-24)13-34-15-22(30)26-17-7-9-19(31-3)10-8-17/h4-10,14H,11-13,15H2,1-3H3,(H,26,30)(H,27,28,29). The number of hydrogen-bond acceptors (Lipinski definition) is 8. The first-order chi connectivity index (χ1) is 16.8. The Morgan fingerprint density at radius 1 is 1.14 bits per heavy atom. The lowest BCUT2D eigenvalue weighted by Crippen LogP contribution is -2.25. The molecule has 1 aliphatic rings. The number of aromatic nitrogens is 1. The maximum absolute atomic E-state index is 12.4. The quantitative estimate of drug-likeness (QED) is 0.403. The molecule has 0 radical (unpaired) electrons. The van der Waals surface area contributed by atoms with E-state index in [1.807, 2.05) is 31.4 Å². The number of benzene rings is 2. The molecular formula is C25H27N3O5S2. The van der Waals surface area contributed by atoms with Crippen molar-refractivity contribution in [2.75, 3.05) is 30.1 Å². The smallest absolute Gasteiger partial charge is 0.264 e. The predicted octanol–water partition coefficient (Wildman–Crippen LogP) is 4.75. The van der Waals surface area contributed by atoms with Crippen molar-refractivity contribution in [2.45, 2.75) is 31.6 Å². The van der Waals surface area contributed by atoms with Crippen molar-refractivity contribution < 1.29 is 23.8 Å². The van der Waals surface area contributed by atoms with Crippen molar-refractivity contribution in [3.63, 3.8) is 0 Å². The molecule has 0 saturated heterocycles. The van der Waals surface area contributed by atoms with Gasteiger partial charge in [0, 0.05) is 28.8 Å². The van der Waals surface area contributed by atoms with Gasteiger partial charge in [0.25, 0.3) is 5.91 Å². The number of methoxy groups -OCH3 is 1. The molecule has 0 saturated carbocycles. The van der Waals surface area contributed by atoms with Gasteiger partial charge in [-0.1, -0.05) is 12.1 Å². The summed E-state index contributed by atoms with van der Waals surface area (Å²) in [4.78, 5) is 28.9. The molecule has 0 unspecified atom stereocenters. The van der Waals surface area contributed by atoms with Crippen molar-refractivity contribution in [3.8, 4) is 17.2 Å². The third kappa shape index (κ3) is 6.89. The first-order valence-electron chi connectivity index (χ1n) is 11.0. The fourth-order valence-electron chi connectivity index (χ4n) is 3.55. The fourth-order valence-corrected chi connectivity index (χ4v) is 5.10. The van der Waals surface area contributed by atoms with Gasteiger partial charge < -0.3 is 19.5 Å². The predicted molar refractivity (Wildman–Crippen MR) is 139 cm³/mol. The number of thioether (sulfide) groups is 1. The lowest BCUT2D eigenvalue weighted by atomic mass is 10.0. The maximum atomic E-state index is 12.4. The molecule has 10 heteroatoms. The third-order valence-corrected chi connectivity index (χ3v) is 6.84. The Kier molecular flexibility index (Phi) is 7.82. The highest BCUT2D eigenvalue weighted by Gasteiger charge is 2.32. The average molecular weight is 514 g/mol. The van der Waals surface area contributed by atoms with Gasteiger partial charge in [0.2, 0.25) is 5.91 Å². The second-order valence-corrected chi connectivity index (χ2v) is 10.4. The molecule has 2 N–H and O–H groups in total. The highest BCUT2D eigenvalue weighted by molar-refractivity contribution is 7.99. The number of fused-ring (bicyclic) bond motifs is 1. The van der Waals surface area contributed by atoms with Crippen molar-refractivity contribution in [1.82, 2.24) is 4.98 Å². The van der Waals surface area contributed by atoms with Crippen LogP contribution in [0.25, 0.3) is 0 Å². The van der Waals surface area contributed by atoms with Crippen LogP contribution in [-0.2, 0) is 21.8 Å². The molecule has 4 rings (SSSR count). The Balaban J connectivity index is 1.19. The first-order valence-corrected chi connectivity index (χ1v) is 13.0. The minimum absolute atomic E-state index is 0.0964. The van der Waals surface area contributed by atoms with Crippen LogP contribution in [0.3, 0.4) is 0 Å². The molecule has 0 fully saturated rings. The summed E-state index contributed by atoms with van der Waals surface area (Å²) >= 11 is 2.78. The number of nitrogens with one attached hydrogen (secondary N) is 2. The van der Waals surface area contributed by atoms with Crippen LogP contribution in [0.1, 0.15) is 25.1 Å². The van der Waals surface area contributed by atoms with Gasteiger partial charge in [0.15, 0.2) is 23.2 Å². The third-order valence-electron chi connectivity index (χ3n) is 5.07. The zero-order chi connectivity index (χ0) is 24.8. The van der Waals surface area contributed by atoms with Crippen LogP contribution in [0.2, 0.25) is 0 Å². The lowest BCUT2D eigenvalue weighted by molar-refractivity contribution is -0.118. The molecule has 0 atom stereocenters. The van der Waals surface area contributed by atoms with E-state index in [9.17, 15) is 9.59 Å². The number of para-hydroxylation sites is 1. The molecule has 8 nitrogen and oxygen atoms in total. The van der Waals surface area contributed by atoms with Gasteiger partial charge in [-0.25, -0.2) is 4.98 Å². The summed E-state index contributed by atoms with van der Waals surface area (Å²) in [6, 6.07) is 12.9. The van der Waals surface area contributed by atoms with E-state index in [4.69, 9.17) is 14.2 Å². The largest absolute Gasteiger partial charge is 0.497 e. The molecule has 0 aliphatic carbocycles. The van der Waals surface area contributed by atoms with Crippen LogP contribution in [0.5, 0.6) is 17.2 Å². The normalized spacial score (nSPS) is 13.5. The number of thiazole rings is 1. The fraction of sp³-hybridized carbons (Fsp3) is 0.320. The molecule has 1 aliphatic heterocycles. The van der Waals surface area contributed by atoms with Gasteiger partial charge in [-0.05, 0) is 44.2 Å². The van der Waals surface area contributed by atoms with E-state index < -0.39 is 0 Å². The van der Waals surface area contributed by atoms with E-state index >= 15 is 0 Å². The zero-order valence-corrected chi connectivity index (χ0v) is 21.4. The number of carbonyl (C=O) groups excluding carboxylic acids is 2. The summed E-state index contributed by atoms with van der Waals surface area (Å²) in [7, 11) is 1.60. The molecule has 2 heterocycles. The Morgan fingerprint density at radius 3 is 2.71 bits per heavy atom. The monoisotopic (exact) mass is 513 g/mol. The number of nitrogens with zero attached hydrogens (tertiary/aromatic N) is 1. The van der Waals surface area contributed by atoms with Gasteiger partial charge in [0.05, 0.1) is 18.6 Å². The molecule has 184 valence electrons. The molecule has 0 bridgehead atoms. The summed E-state index contributed by atoms with van der Waals surface area (Å²) in [6.07, 6.45) is 0.800. The highest BCUT2D eigenvalue weighted by Crippen LogP contribution is 2.41. The van der Waals surface area contributed by atoms with E-state index in [0.29, 0.717) is 33.8 Å². The van der Waals surface area contributed by atoms with Crippen molar-refractivity contribution >= 4 is 45.7 Å². The van der Waals surface area contributed by atoms with E-state index in [-0.39, 0.29) is 24.0 Å². The average Bonchev–Trinajstić information content (AvgIpc) is 3.40. The summed E-state index contributed by atoms with van der Waals surface area (Å²) in [6.45, 7) is 3.90. The van der Waals surface area contributed by atoms with E-state index in [2.05, 4.69) is 15.6 Å². The summed E-state index contributed by atoms with van der Waals surface area (Å²) in [5.41, 5.74) is 2.31. The second kappa shape index (κ2) is 11.0. The second-order valence-electron chi connectivity index (χ2n) is 8.53. The summed E-state index contributed by atoms with van der Waals surface area (Å²) in [5.74, 6) is 2.45. The molecule has 3 aromatic rings.